The number of amides is 1. The van der Waals surface area contributed by atoms with Crippen LogP contribution in [-0.2, 0) is 11.3 Å². The number of carbonyl (C=O) groups is 1. The number of nitrogens with zero attached hydrogens (tertiary/aromatic N) is 7. The monoisotopic (exact) mass is 392 g/mol. The van der Waals surface area contributed by atoms with E-state index in [9.17, 15) is 4.79 Å². The highest BCUT2D eigenvalue weighted by molar-refractivity contribution is 5.86. The molecule has 0 unspecified atom stereocenters. The van der Waals surface area contributed by atoms with Crippen molar-refractivity contribution in [2.45, 2.75) is 45.7 Å². The molecule has 4 heterocycles. The maximum Gasteiger partial charge on any atom is 0.225 e. The van der Waals surface area contributed by atoms with Crippen molar-refractivity contribution in [1.29, 1.82) is 0 Å². The van der Waals surface area contributed by atoms with E-state index < -0.39 is 0 Å². The minimum absolute atomic E-state index is 0.175. The van der Waals surface area contributed by atoms with Gasteiger partial charge in [0.15, 0.2) is 17.0 Å². The molecule has 150 valence electrons. The number of likely N-dealkylation sites (tertiary alicyclic amines) is 1. The lowest BCUT2D eigenvalue weighted by Crippen LogP contribution is -2.32. The maximum atomic E-state index is 12.3. The van der Waals surface area contributed by atoms with Crippen LogP contribution in [0, 0.1) is 12.8 Å². The molecule has 5 rings (SSSR count). The zero-order chi connectivity index (χ0) is 20.0. The summed E-state index contributed by atoms with van der Waals surface area (Å²) in [4.78, 5) is 36.7. The second-order valence-corrected chi connectivity index (χ2v) is 7.78. The molecule has 3 aromatic heterocycles. The Bertz CT molecular complexity index is 1060. The normalized spacial score (nSPS) is 19.1. The van der Waals surface area contributed by atoms with Gasteiger partial charge >= 0.3 is 0 Å². The van der Waals surface area contributed by atoms with E-state index in [1.807, 2.05) is 16.4 Å². The average molecular weight is 392 g/mol. The Balaban J connectivity index is 1.44. The molecule has 1 saturated heterocycles. The summed E-state index contributed by atoms with van der Waals surface area (Å²) >= 11 is 0. The first-order valence-electron chi connectivity index (χ1n) is 10.2. The Morgan fingerprint density at radius 1 is 1.17 bits per heavy atom. The van der Waals surface area contributed by atoms with Gasteiger partial charge in [0.25, 0.3) is 0 Å². The van der Waals surface area contributed by atoms with E-state index in [4.69, 9.17) is 4.98 Å². The van der Waals surface area contributed by atoms with Crippen LogP contribution in [0.4, 0.5) is 5.82 Å². The number of aromatic nitrogens is 6. The van der Waals surface area contributed by atoms with E-state index >= 15 is 0 Å². The molecule has 0 bridgehead atoms. The van der Waals surface area contributed by atoms with Gasteiger partial charge in [-0.2, -0.15) is 0 Å². The Kier molecular flexibility index (Phi) is 4.37. The molecule has 29 heavy (non-hydrogen) atoms. The number of rotatable bonds is 5. The number of fused-ring (bicyclic) bond motifs is 1. The Labute approximate surface area is 168 Å². The largest absolute Gasteiger partial charge is 0.364 e. The van der Waals surface area contributed by atoms with E-state index in [2.05, 4.69) is 32.2 Å². The van der Waals surface area contributed by atoms with Gasteiger partial charge in [0.1, 0.15) is 18.0 Å². The van der Waals surface area contributed by atoms with Crippen LogP contribution in [0.1, 0.15) is 32.0 Å². The van der Waals surface area contributed by atoms with Gasteiger partial charge in [-0.05, 0) is 33.1 Å². The molecule has 0 aromatic carbocycles. The standard InChI is InChI=1S/C20H24N8O/c1-3-28-18(14-8-21-12(2)22-9-14)26-16-17(23-11-24-19(16)28)25-15-6-7-27(10-15)20(29)13-4-5-13/h8-9,11,13,15H,3-7,10H2,1-2H3,(H,23,24,25)/t15-/m0/s1. The maximum absolute atomic E-state index is 12.3. The molecule has 3 aromatic rings. The summed E-state index contributed by atoms with van der Waals surface area (Å²) in [5.41, 5.74) is 2.37. The van der Waals surface area contributed by atoms with Crippen molar-refractivity contribution >= 4 is 22.9 Å². The minimum Gasteiger partial charge on any atom is -0.364 e. The van der Waals surface area contributed by atoms with Gasteiger partial charge in [0.2, 0.25) is 5.91 Å². The first kappa shape index (κ1) is 18.0. The van der Waals surface area contributed by atoms with E-state index in [0.29, 0.717) is 18.3 Å². The lowest BCUT2D eigenvalue weighted by molar-refractivity contribution is -0.131. The van der Waals surface area contributed by atoms with Crippen molar-refractivity contribution < 1.29 is 4.79 Å². The summed E-state index contributed by atoms with van der Waals surface area (Å²) in [6.07, 6.45) is 8.14. The van der Waals surface area contributed by atoms with Crippen LogP contribution < -0.4 is 5.32 Å². The molecular formula is C20H24N8O. The SMILES string of the molecule is CCn1c(-c2cnc(C)nc2)nc2c(N[C@H]3CCN(C(=O)C4CC4)C3)ncnc21. The van der Waals surface area contributed by atoms with Crippen LogP contribution in [-0.4, -0.2) is 59.4 Å². The van der Waals surface area contributed by atoms with Gasteiger partial charge in [-0.15, -0.1) is 0 Å². The molecular weight excluding hydrogens is 368 g/mol. The zero-order valence-corrected chi connectivity index (χ0v) is 16.7. The van der Waals surface area contributed by atoms with Gasteiger partial charge < -0.3 is 14.8 Å². The molecule has 1 atom stereocenters. The van der Waals surface area contributed by atoms with Gasteiger partial charge in [-0.1, -0.05) is 0 Å². The van der Waals surface area contributed by atoms with Gasteiger partial charge in [0, 0.05) is 44.0 Å². The van der Waals surface area contributed by atoms with E-state index in [0.717, 1.165) is 60.7 Å². The van der Waals surface area contributed by atoms with Crippen LogP contribution in [0.3, 0.4) is 0 Å². The molecule has 1 aliphatic carbocycles. The highest BCUT2D eigenvalue weighted by Gasteiger charge is 2.36. The predicted octanol–water partition coefficient (Wildman–Crippen LogP) is 2.03. The van der Waals surface area contributed by atoms with Crippen LogP contribution in [0.25, 0.3) is 22.6 Å². The fourth-order valence-corrected chi connectivity index (χ4v) is 3.93. The fraction of sp³-hybridized carbons (Fsp3) is 0.500. The molecule has 1 N–H and O–H groups in total. The van der Waals surface area contributed by atoms with Gasteiger partial charge in [-0.25, -0.2) is 24.9 Å². The Morgan fingerprint density at radius 2 is 1.97 bits per heavy atom. The molecule has 2 aliphatic rings. The molecule has 2 fully saturated rings. The van der Waals surface area contributed by atoms with Crippen LogP contribution in [0.2, 0.25) is 0 Å². The van der Waals surface area contributed by atoms with Crippen LogP contribution >= 0.6 is 0 Å². The average Bonchev–Trinajstić information content (AvgIpc) is 3.36. The van der Waals surface area contributed by atoms with Crippen molar-refractivity contribution in [2.24, 2.45) is 5.92 Å². The van der Waals surface area contributed by atoms with Crippen molar-refractivity contribution in [3.63, 3.8) is 0 Å². The lowest BCUT2D eigenvalue weighted by Gasteiger charge is -2.17. The first-order valence-corrected chi connectivity index (χ1v) is 10.2. The summed E-state index contributed by atoms with van der Waals surface area (Å²) < 4.78 is 2.05. The number of hydrogen-bond acceptors (Lipinski definition) is 7. The number of carbonyl (C=O) groups excluding carboxylic acids is 1. The van der Waals surface area contributed by atoms with E-state index in [-0.39, 0.29) is 12.0 Å². The number of aryl methyl sites for hydroxylation is 2. The summed E-state index contributed by atoms with van der Waals surface area (Å²) in [7, 11) is 0. The zero-order valence-electron chi connectivity index (χ0n) is 16.7. The van der Waals surface area contributed by atoms with E-state index in [1.54, 1.807) is 18.7 Å². The van der Waals surface area contributed by atoms with Crippen molar-refractivity contribution in [1.82, 2.24) is 34.4 Å². The summed E-state index contributed by atoms with van der Waals surface area (Å²) in [6.45, 7) is 6.17. The highest BCUT2D eigenvalue weighted by Crippen LogP contribution is 2.33. The summed E-state index contributed by atoms with van der Waals surface area (Å²) in [5, 5.41) is 3.50. The molecule has 1 aliphatic heterocycles. The van der Waals surface area contributed by atoms with Crippen molar-refractivity contribution in [3.05, 3.63) is 24.5 Å². The molecule has 9 nitrogen and oxygen atoms in total. The third-order valence-electron chi connectivity index (χ3n) is 5.65. The van der Waals surface area contributed by atoms with Gasteiger partial charge in [0.05, 0.1) is 5.56 Å². The number of nitrogens with one attached hydrogen (secondary N) is 1. The fourth-order valence-electron chi connectivity index (χ4n) is 3.93. The van der Waals surface area contributed by atoms with Crippen molar-refractivity contribution in [2.75, 3.05) is 18.4 Å². The Morgan fingerprint density at radius 3 is 2.69 bits per heavy atom. The highest BCUT2D eigenvalue weighted by atomic mass is 16.2. The third kappa shape index (κ3) is 3.30. The quantitative estimate of drug-likeness (QED) is 0.709. The number of imidazole rings is 1. The third-order valence-corrected chi connectivity index (χ3v) is 5.65. The molecule has 9 heteroatoms. The van der Waals surface area contributed by atoms with E-state index in [1.165, 1.54) is 0 Å². The smallest absolute Gasteiger partial charge is 0.225 e. The molecule has 0 spiro atoms. The van der Waals surface area contributed by atoms with Crippen LogP contribution in [0.5, 0.6) is 0 Å². The molecule has 1 saturated carbocycles. The molecule has 0 radical (unpaired) electrons. The second kappa shape index (κ2) is 7.06. The first-order chi connectivity index (χ1) is 14.1. The topological polar surface area (TPSA) is 102 Å². The molecule has 1 amide bonds. The summed E-state index contributed by atoms with van der Waals surface area (Å²) in [6, 6.07) is 0.175. The van der Waals surface area contributed by atoms with Gasteiger partial charge in [-0.3, -0.25) is 4.79 Å². The second-order valence-electron chi connectivity index (χ2n) is 7.78. The summed E-state index contributed by atoms with van der Waals surface area (Å²) in [5.74, 6) is 2.78. The lowest BCUT2D eigenvalue weighted by atomic mass is 10.2. The number of anilines is 1. The predicted molar refractivity (Wildman–Crippen MR) is 108 cm³/mol. The minimum atomic E-state index is 0.175. The van der Waals surface area contributed by atoms with Crippen LogP contribution in [0.15, 0.2) is 18.7 Å². The van der Waals surface area contributed by atoms with Crippen molar-refractivity contribution in [3.8, 4) is 11.4 Å². The Hall–Kier alpha value is -3.10. The number of hydrogen-bond donors (Lipinski definition) is 1.